The number of nitrogens with zero attached hydrogens (tertiary/aromatic N) is 7. The average Bonchev–Trinajstić information content (AvgIpc) is 2.68. The fourth-order valence-electron chi connectivity index (χ4n) is 2.78. The van der Waals surface area contributed by atoms with Crippen molar-refractivity contribution in [3.63, 3.8) is 0 Å². The van der Waals surface area contributed by atoms with Crippen molar-refractivity contribution in [2.75, 3.05) is 0 Å². The molecule has 0 aromatic carbocycles. The van der Waals surface area contributed by atoms with Crippen LogP contribution in [0.4, 0.5) is 0 Å². The number of aromatic nitrogens is 6. The molecule has 2 rings (SSSR count). The molecule has 0 atom stereocenters. The maximum atomic E-state index is 12.6. The van der Waals surface area contributed by atoms with Gasteiger partial charge in [-0.3, -0.25) is 0 Å². The van der Waals surface area contributed by atoms with Crippen molar-refractivity contribution in [1.29, 1.82) is 0 Å². The van der Waals surface area contributed by atoms with E-state index in [-0.39, 0.29) is 19.6 Å². The van der Waals surface area contributed by atoms with Crippen LogP contribution in [0.15, 0.2) is 33.8 Å². The van der Waals surface area contributed by atoms with Gasteiger partial charge in [-0.2, -0.15) is 4.99 Å². The molecule has 2 aromatic rings. The molecular weight excluding hydrogens is 390 g/mol. The molecule has 0 unspecified atom stereocenters. The van der Waals surface area contributed by atoms with Crippen LogP contribution < -0.4 is 34.1 Å². The number of hydrogen-bond donors (Lipinski definition) is 0. The first-order valence-corrected chi connectivity index (χ1v) is 8.67. The Morgan fingerprint density at radius 2 is 0.897 bits per heavy atom. The molecule has 2 aromatic heterocycles. The third-order valence-corrected chi connectivity index (χ3v) is 4.28. The second-order valence-corrected chi connectivity index (χ2v) is 5.74. The zero-order valence-electron chi connectivity index (χ0n) is 16.0. The lowest BCUT2D eigenvalue weighted by Gasteiger charge is -2.14. The van der Waals surface area contributed by atoms with Crippen molar-refractivity contribution in [3.8, 4) is 0 Å². The number of rotatable bonds is 7. The van der Waals surface area contributed by atoms with Gasteiger partial charge in [0.15, 0.2) is 0 Å². The van der Waals surface area contributed by atoms with Gasteiger partial charge in [0.2, 0.25) is 6.08 Å². The number of isocyanates is 1. The van der Waals surface area contributed by atoms with E-state index in [9.17, 15) is 33.6 Å². The van der Waals surface area contributed by atoms with Gasteiger partial charge in [-0.1, -0.05) is 0 Å². The predicted molar refractivity (Wildman–Crippen MR) is 99.0 cm³/mol. The largest absolute Gasteiger partial charge is 0.339 e. The Kier molecular flexibility index (Phi) is 6.28. The smallest absolute Gasteiger partial charge is 0.247 e. The van der Waals surface area contributed by atoms with Crippen molar-refractivity contribution in [1.82, 2.24) is 27.4 Å². The van der Waals surface area contributed by atoms with E-state index in [0.29, 0.717) is 18.3 Å². The number of carbonyl (C=O) groups excluding carboxylic acids is 1. The molecule has 0 aliphatic carbocycles. The Hall–Kier alpha value is -3.80. The highest BCUT2D eigenvalue weighted by atomic mass is 16.2. The molecule has 14 heteroatoms. The number of aliphatic imine (C=N–C) groups is 1. The summed E-state index contributed by atoms with van der Waals surface area (Å²) >= 11 is 0. The molecule has 0 aliphatic heterocycles. The van der Waals surface area contributed by atoms with Crippen molar-refractivity contribution in [3.05, 3.63) is 62.9 Å². The predicted octanol–water partition coefficient (Wildman–Crippen LogP) is -3.48. The second-order valence-electron chi connectivity index (χ2n) is 5.74. The Morgan fingerprint density at radius 1 is 0.586 bits per heavy atom. The van der Waals surface area contributed by atoms with Gasteiger partial charge in [0.25, 0.3) is 0 Å². The minimum Gasteiger partial charge on any atom is -0.247 e. The van der Waals surface area contributed by atoms with Gasteiger partial charge >= 0.3 is 34.1 Å². The maximum absolute atomic E-state index is 12.6. The SMILES string of the molecule is CCn1c(=O)n(CC)c(=O)n(Cn2c(=O)n(CC)c(=O)n(CN=C=O)c2=O)c1=O. The molecule has 156 valence electrons. The van der Waals surface area contributed by atoms with E-state index in [1.165, 1.54) is 26.9 Å². The molecule has 0 aliphatic rings. The fourth-order valence-corrected chi connectivity index (χ4v) is 2.78. The molecular formula is C15H19N7O7. The fraction of sp³-hybridized carbons (Fsp3) is 0.533. The highest BCUT2D eigenvalue weighted by Crippen LogP contribution is 1.80. The van der Waals surface area contributed by atoms with E-state index in [1.807, 2.05) is 0 Å². The molecule has 0 fully saturated rings. The topological polar surface area (TPSA) is 161 Å². The first kappa shape index (κ1) is 21.5. The van der Waals surface area contributed by atoms with Gasteiger partial charge in [-0.15, -0.1) is 0 Å². The Bertz CT molecular complexity index is 1300. The van der Waals surface area contributed by atoms with Gasteiger partial charge in [-0.25, -0.2) is 61.0 Å². The summed E-state index contributed by atoms with van der Waals surface area (Å²) < 4.78 is 3.77. The summed E-state index contributed by atoms with van der Waals surface area (Å²) in [7, 11) is 0. The molecule has 0 spiro atoms. The zero-order valence-corrected chi connectivity index (χ0v) is 16.0. The summed E-state index contributed by atoms with van der Waals surface area (Å²) in [5, 5.41) is 0. The van der Waals surface area contributed by atoms with Crippen LogP contribution in [0.25, 0.3) is 0 Å². The number of hydrogen-bond acceptors (Lipinski definition) is 8. The molecule has 2 heterocycles. The van der Waals surface area contributed by atoms with Crippen LogP contribution >= 0.6 is 0 Å². The Labute approximate surface area is 160 Å². The van der Waals surface area contributed by atoms with Crippen LogP contribution in [0, 0.1) is 0 Å². The third-order valence-electron chi connectivity index (χ3n) is 4.28. The van der Waals surface area contributed by atoms with Crippen LogP contribution in [0.2, 0.25) is 0 Å². The van der Waals surface area contributed by atoms with Crippen molar-refractivity contribution >= 4 is 6.08 Å². The summed E-state index contributed by atoms with van der Waals surface area (Å²) in [5.41, 5.74) is -6.07. The van der Waals surface area contributed by atoms with E-state index in [1.54, 1.807) is 0 Å². The molecule has 0 amide bonds. The first-order valence-electron chi connectivity index (χ1n) is 8.67. The molecule has 0 saturated heterocycles. The summed E-state index contributed by atoms with van der Waals surface area (Å²) in [6.07, 6.45) is 1.18. The first-order chi connectivity index (χ1) is 13.7. The van der Waals surface area contributed by atoms with Gasteiger partial charge in [-0.05, 0) is 20.8 Å². The Morgan fingerprint density at radius 3 is 1.24 bits per heavy atom. The minimum atomic E-state index is -1.17. The van der Waals surface area contributed by atoms with Crippen LogP contribution in [0.1, 0.15) is 20.8 Å². The van der Waals surface area contributed by atoms with Crippen LogP contribution in [-0.4, -0.2) is 33.5 Å². The lowest BCUT2D eigenvalue weighted by atomic mass is 10.6. The molecule has 0 N–H and O–H groups in total. The molecule has 14 nitrogen and oxygen atoms in total. The van der Waals surface area contributed by atoms with E-state index in [2.05, 4.69) is 4.99 Å². The van der Waals surface area contributed by atoms with E-state index in [0.717, 1.165) is 9.13 Å². The van der Waals surface area contributed by atoms with Crippen LogP contribution in [-0.2, 0) is 37.8 Å². The van der Waals surface area contributed by atoms with Crippen molar-refractivity contribution < 1.29 is 4.79 Å². The second kappa shape index (κ2) is 8.48. The van der Waals surface area contributed by atoms with Crippen molar-refractivity contribution in [2.24, 2.45) is 4.99 Å². The lowest BCUT2D eigenvalue weighted by molar-refractivity contribution is 0.394. The third kappa shape index (κ3) is 3.52. The maximum Gasteiger partial charge on any atom is 0.339 e. The van der Waals surface area contributed by atoms with Gasteiger partial charge in [0, 0.05) is 19.6 Å². The average molecular weight is 409 g/mol. The van der Waals surface area contributed by atoms with Crippen LogP contribution in [0.3, 0.4) is 0 Å². The highest BCUT2D eigenvalue weighted by Gasteiger charge is 2.19. The van der Waals surface area contributed by atoms with Gasteiger partial charge in [0.1, 0.15) is 13.3 Å². The Balaban J connectivity index is 2.91. The highest BCUT2D eigenvalue weighted by molar-refractivity contribution is 5.32. The standard InChI is InChI=1S/C15H19N7O7/c1-4-17-10(24)18(5-2)13(27)21(12(17)26)9-22-14(28)19(6-3)11(25)20(15(22)29)7-16-8-23/h4-7,9H2,1-3H3. The quantitative estimate of drug-likeness (QED) is 0.339. The normalized spacial score (nSPS) is 10.7. The van der Waals surface area contributed by atoms with Gasteiger partial charge < -0.3 is 0 Å². The molecule has 0 radical (unpaired) electrons. The van der Waals surface area contributed by atoms with E-state index < -0.39 is 47.5 Å². The van der Waals surface area contributed by atoms with Crippen LogP contribution in [0.5, 0.6) is 0 Å². The zero-order chi connectivity index (χ0) is 21.9. The lowest BCUT2D eigenvalue weighted by Crippen LogP contribution is -2.59. The summed E-state index contributed by atoms with van der Waals surface area (Å²) in [6, 6.07) is 0. The van der Waals surface area contributed by atoms with E-state index >= 15 is 0 Å². The molecule has 29 heavy (non-hydrogen) atoms. The molecule has 0 bridgehead atoms. The molecule has 0 saturated carbocycles. The summed E-state index contributed by atoms with van der Waals surface area (Å²) in [4.78, 5) is 88.3. The van der Waals surface area contributed by atoms with Crippen molar-refractivity contribution in [2.45, 2.75) is 53.7 Å². The van der Waals surface area contributed by atoms with Gasteiger partial charge in [0.05, 0.1) is 0 Å². The monoisotopic (exact) mass is 409 g/mol. The summed E-state index contributed by atoms with van der Waals surface area (Å²) in [5.74, 6) is 0. The minimum absolute atomic E-state index is 0.0421. The van der Waals surface area contributed by atoms with E-state index in [4.69, 9.17) is 0 Å². The summed E-state index contributed by atoms with van der Waals surface area (Å²) in [6.45, 7) is 2.78.